The number of amides is 1. The summed E-state index contributed by atoms with van der Waals surface area (Å²) in [5.41, 5.74) is -0.207. The summed E-state index contributed by atoms with van der Waals surface area (Å²) in [6.45, 7) is 5.92. The van der Waals surface area contributed by atoms with E-state index in [1.165, 1.54) is 0 Å². The Bertz CT molecular complexity index is 598. The smallest absolute Gasteiger partial charge is 0.256 e. The number of nitrogens with zero attached hydrogens (tertiary/aromatic N) is 2. The van der Waals surface area contributed by atoms with Crippen LogP contribution in [0.3, 0.4) is 0 Å². The predicted molar refractivity (Wildman–Crippen MR) is 97.4 cm³/mol. The highest BCUT2D eigenvalue weighted by atomic mass is 16.5. The van der Waals surface area contributed by atoms with Crippen molar-refractivity contribution in [2.75, 3.05) is 33.3 Å². The second-order valence-electron chi connectivity index (χ2n) is 7.67. The van der Waals surface area contributed by atoms with Gasteiger partial charge in [-0.05, 0) is 62.4 Å². The van der Waals surface area contributed by atoms with Crippen molar-refractivity contribution in [3.63, 3.8) is 0 Å². The molecule has 0 radical (unpaired) electrons. The number of carbonyl (C=O) groups excluding carboxylic acids is 1. The highest BCUT2D eigenvalue weighted by Gasteiger charge is 2.43. The molecule has 1 N–H and O–H groups in total. The minimum absolute atomic E-state index is 0.125. The molecule has 5 heteroatoms. The molecule has 1 aromatic rings. The van der Waals surface area contributed by atoms with Crippen LogP contribution >= 0.6 is 0 Å². The number of ether oxygens (including phenoxy) is 1. The molecule has 2 aliphatic rings. The van der Waals surface area contributed by atoms with Crippen LogP contribution in [0.4, 0.5) is 0 Å². The Balaban J connectivity index is 1.65. The van der Waals surface area contributed by atoms with Gasteiger partial charge in [0.15, 0.2) is 5.60 Å². The number of piperidine rings is 2. The first-order valence-corrected chi connectivity index (χ1v) is 9.37. The maximum atomic E-state index is 13.0. The monoisotopic (exact) mass is 346 g/mol. The lowest BCUT2D eigenvalue weighted by Gasteiger charge is -2.42. The van der Waals surface area contributed by atoms with Crippen molar-refractivity contribution in [2.45, 2.75) is 44.8 Å². The van der Waals surface area contributed by atoms with E-state index >= 15 is 0 Å². The van der Waals surface area contributed by atoms with E-state index in [1.807, 2.05) is 24.3 Å². The van der Waals surface area contributed by atoms with Gasteiger partial charge >= 0.3 is 0 Å². The molecule has 2 fully saturated rings. The second kappa shape index (κ2) is 7.75. The first kappa shape index (κ1) is 18.2. The zero-order valence-corrected chi connectivity index (χ0v) is 15.4. The first-order chi connectivity index (χ1) is 12.0. The van der Waals surface area contributed by atoms with Crippen molar-refractivity contribution in [3.8, 4) is 5.75 Å². The van der Waals surface area contributed by atoms with Crippen LogP contribution in [0.15, 0.2) is 24.3 Å². The van der Waals surface area contributed by atoms with Crippen molar-refractivity contribution >= 4 is 5.91 Å². The summed E-state index contributed by atoms with van der Waals surface area (Å²) in [7, 11) is 1.64. The zero-order chi connectivity index (χ0) is 17.9. The van der Waals surface area contributed by atoms with Crippen LogP contribution in [0, 0.1) is 5.92 Å². The third-order valence-corrected chi connectivity index (χ3v) is 5.57. The Morgan fingerprint density at radius 1 is 1.28 bits per heavy atom. The maximum absolute atomic E-state index is 13.0. The van der Waals surface area contributed by atoms with Crippen molar-refractivity contribution in [1.82, 2.24) is 9.80 Å². The van der Waals surface area contributed by atoms with Gasteiger partial charge in [0.05, 0.1) is 7.11 Å². The van der Waals surface area contributed by atoms with Gasteiger partial charge < -0.3 is 14.7 Å². The third-order valence-electron chi connectivity index (χ3n) is 5.57. The van der Waals surface area contributed by atoms with Crippen LogP contribution in [-0.2, 0) is 11.3 Å². The van der Waals surface area contributed by atoms with Gasteiger partial charge in [-0.3, -0.25) is 9.69 Å². The van der Waals surface area contributed by atoms with Crippen molar-refractivity contribution < 1.29 is 14.6 Å². The molecule has 2 aliphatic heterocycles. The molecule has 0 aromatic heterocycles. The number of likely N-dealkylation sites (tertiary alicyclic amines) is 2. The van der Waals surface area contributed by atoms with Crippen molar-refractivity contribution in [2.24, 2.45) is 5.92 Å². The lowest BCUT2D eigenvalue weighted by atomic mass is 9.89. The Labute approximate surface area is 150 Å². The van der Waals surface area contributed by atoms with Crippen LogP contribution in [0.1, 0.15) is 38.2 Å². The average molecular weight is 346 g/mol. The van der Waals surface area contributed by atoms with Gasteiger partial charge in [-0.1, -0.05) is 19.1 Å². The SMILES string of the molecule is COc1cccc(CN2CCCC(O)(CN3CCC(C)CC3)C2=O)c1. The van der Waals surface area contributed by atoms with E-state index in [9.17, 15) is 9.90 Å². The van der Waals surface area contributed by atoms with E-state index in [0.717, 1.165) is 49.6 Å². The van der Waals surface area contributed by atoms with Crippen LogP contribution in [0.5, 0.6) is 5.75 Å². The van der Waals surface area contributed by atoms with Crippen LogP contribution < -0.4 is 4.74 Å². The van der Waals surface area contributed by atoms with E-state index in [4.69, 9.17) is 4.74 Å². The number of β-amino-alcohol motifs (C(OH)–C–C–N with tert-alkyl or cyclic N) is 1. The maximum Gasteiger partial charge on any atom is 0.256 e. The molecule has 3 rings (SSSR count). The summed E-state index contributed by atoms with van der Waals surface area (Å²) in [4.78, 5) is 17.0. The van der Waals surface area contributed by atoms with Gasteiger partial charge in [0.25, 0.3) is 5.91 Å². The quantitative estimate of drug-likeness (QED) is 0.889. The molecule has 0 bridgehead atoms. The minimum Gasteiger partial charge on any atom is -0.497 e. The summed E-state index contributed by atoms with van der Waals surface area (Å²) in [6.07, 6.45) is 3.71. The first-order valence-electron chi connectivity index (χ1n) is 9.37. The summed E-state index contributed by atoms with van der Waals surface area (Å²) < 4.78 is 5.26. The van der Waals surface area contributed by atoms with E-state index in [0.29, 0.717) is 26.1 Å². The van der Waals surface area contributed by atoms with E-state index in [1.54, 1.807) is 12.0 Å². The standard InChI is InChI=1S/C20H30N2O3/c1-16-7-11-21(12-8-16)15-20(24)9-4-10-22(19(20)23)14-17-5-3-6-18(13-17)25-2/h3,5-6,13,16,24H,4,7-12,14-15H2,1-2H3. The Morgan fingerprint density at radius 2 is 2.04 bits per heavy atom. The predicted octanol–water partition coefficient (Wildman–Crippen LogP) is 2.28. The minimum atomic E-state index is -1.24. The molecule has 2 heterocycles. The van der Waals surface area contributed by atoms with Gasteiger partial charge in [0.2, 0.25) is 0 Å². The highest BCUT2D eigenvalue weighted by molar-refractivity contribution is 5.86. The van der Waals surface area contributed by atoms with Gasteiger partial charge in [-0.2, -0.15) is 0 Å². The van der Waals surface area contributed by atoms with Crippen molar-refractivity contribution in [1.29, 1.82) is 0 Å². The molecule has 0 saturated carbocycles. The molecular formula is C20H30N2O3. The number of rotatable bonds is 5. The molecule has 1 unspecified atom stereocenters. The lowest BCUT2D eigenvalue weighted by Crippen LogP contribution is -2.59. The van der Waals surface area contributed by atoms with Gasteiger partial charge in [0.1, 0.15) is 5.75 Å². The molecule has 25 heavy (non-hydrogen) atoms. The molecule has 1 amide bonds. The Morgan fingerprint density at radius 3 is 2.76 bits per heavy atom. The van der Waals surface area contributed by atoms with Gasteiger partial charge in [-0.15, -0.1) is 0 Å². The largest absolute Gasteiger partial charge is 0.497 e. The molecule has 1 aromatic carbocycles. The normalized spacial score (nSPS) is 26.0. The van der Waals surface area contributed by atoms with E-state index in [-0.39, 0.29) is 5.91 Å². The van der Waals surface area contributed by atoms with Crippen molar-refractivity contribution in [3.05, 3.63) is 29.8 Å². The summed E-state index contributed by atoms with van der Waals surface area (Å²) in [5.74, 6) is 1.41. The topological polar surface area (TPSA) is 53.0 Å². The number of carbonyl (C=O) groups is 1. The van der Waals surface area contributed by atoms with E-state index in [2.05, 4.69) is 11.8 Å². The fourth-order valence-electron chi connectivity index (χ4n) is 3.94. The molecule has 0 spiro atoms. The lowest BCUT2D eigenvalue weighted by molar-refractivity contribution is -0.160. The fourth-order valence-corrected chi connectivity index (χ4v) is 3.94. The number of methoxy groups -OCH3 is 1. The average Bonchev–Trinajstić information content (AvgIpc) is 2.61. The third kappa shape index (κ3) is 4.33. The van der Waals surface area contributed by atoms with Gasteiger partial charge in [0, 0.05) is 19.6 Å². The molecule has 138 valence electrons. The van der Waals surface area contributed by atoms with Crippen LogP contribution in [0.2, 0.25) is 0 Å². The molecule has 1 atom stereocenters. The summed E-state index contributed by atoms with van der Waals surface area (Å²) in [5, 5.41) is 11.0. The number of hydrogen-bond acceptors (Lipinski definition) is 4. The van der Waals surface area contributed by atoms with E-state index < -0.39 is 5.60 Å². The number of benzene rings is 1. The van der Waals surface area contributed by atoms with Crippen LogP contribution in [0.25, 0.3) is 0 Å². The fraction of sp³-hybridized carbons (Fsp3) is 0.650. The summed E-state index contributed by atoms with van der Waals surface area (Å²) >= 11 is 0. The van der Waals surface area contributed by atoms with Gasteiger partial charge in [-0.25, -0.2) is 0 Å². The Hall–Kier alpha value is -1.59. The number of hydrogen-bond donors (Lipinski definition) is 1. The summed E-state index contributed by atoms with van der Waals surface area (Å²) in [6, 6.07) is 7.78. The molecular weight excluding hydrogens is 316 g/mol. The highest BCUT2D eigenvalue weighted by Crippen LogP contribution is 2.27. The van der Waals surface area contributed by atoms with Crippen LogP contribution in [-0.4, -0.2) is 59.7 Å². The second-order valence-corrected chi connectivity index (χ2v) is 7.67. The number of aliphatic hydroxyl groups is 1. The molecule has 0 aliphatic carbocycles. The molecule has 5 nitrogen and oxygen atoms in total. The molecule has 2 saturated heterocycles. The Kier molecular flexibility index (Phi) is 5.64. The zero-order valence-electron chi connectivity index (χ0n) is 15.4.